The highest BCUT2D eigenvalue weighted by Gasteiger charge is 2.69. The van der Waals surface area contributed by atoms with Crippen molar-refractivity contribution in [1.82, 2.24) is 0 Å². The second-order valence-electron chi connectivity index (χ2n) is 14.8. The van der Waals surface area contributed by atoms with Crippen LogP contribution in [0.5, 0.6) is 0 Å². The number of rotatable bonds is 1. The van der Waals surface area contributed by atoms with Crippen molar-refractivity contribution >= 4 is 11.9 Å². The number of aliphatic hydroxyl groups excluding tert-OH is 1. The first-order valence-electron chi connectivity index (χ1n) is 13.8. The quantitative estimate of drug-likeness (QED) is 0.356. The molecular formula is C31H42N2O3. The van der Waals surface area contributed by atoms with E-state index in [1.807, 2.05) is 18.2 Å². The van der Waals surface area contributed by atoms with E-state index in [-0.39, 0.29) is 39.8 Å². The molecule has 5 aliphatic carbocycles. The van der Waals surface area contributed by atoms with Crippen molar-refractivity contribution < 1.29 is 14.7 Å². The number of nitriles is 1. The summed E-state index contributed by atoms with van der Waals surface area (Å²) >= 11 is 0. The molecule has 8 atom stereocenters. The lowest BCUT2D eigenvalue weighted by atomic mass is 9.35. The smallest absolute Gasteiger partial charge is 0.235 e. The molecule has 0 amide bonds. The maximum absolute atomic E-state index is 14.3. The van der Waals surface area contributed by atoms with Crippen LogP contribution in [0, 0.1) is 56.2 Å². The molecule has 1 N–H and O–H groups in total. The van der Waals surface area contributed by atoms with E-state index in [1.54, 1.807) is 0 Å². The van der Waals surface area contributed by atoms with Gasteiger partial charge < -0.3 is 5.11 Å². The van der Waals surface area contributed by atoms with Gasteiger partial charge in [-0.05, 0) is 84.5 Å². The predicted molar refractivity (Wildman–Crippen MR) is 138 cm³/mol. The molecule has 194 valence electrons. The SMILES string of the molecule is CC1(C)CC[C@]2(N=C=O)CC[C@]3(C)C(C(=O)C=C4[C@@]5(C)C=C(C#N)C(O)C(C)(C)[C@@H]5CC[C@]43C)C2C1. The Morgan fingerprint density at radius 1 is 1.03 bits per heavy atom. The Kier molecular flexibility index (Phi) is 5.35. The fraction of sp³-hybridized carbons (Fsp3) is 0.774. The highest BCUT2D eigenvalue weighted by molar-refractivity contribution is 5.95. The van der Waals surface area contributed by atoms with Gasteiger partial charge >= 0.3 is 0 Å². The van der Waals surface area contributed by atoms with Gasteiger partial charge in [0.1, 0.15) is 0 Å². The van der Waals surface area contributed by atoms with Crippen LogP contribution in [-0.4, -0.2) is 28.6 Å². The molecule has 5 aliphatic rings. The van der Waals surface area contributed by atoms with Crippen LogP contribution in [0.15, 0.2) is 28.3 Å². The van der Waals surface area contributed by atoms with Crippen molar-refractivity contribution in [1.29, 1.82) is 5.26 Å². The van der Waals surface area contributed by atoms with Gasteiger partial charge in [0.05, 0.1) is 23.3 Å². The average Bonchev–Trinajstić information content (AvgIpc) is 2.79. The number of fused-ring (bicyclic) bond motifs is 7. The van der Waals surface area contributed by atoms with Crippen molar-refractivity contribution in [3.63, 3.8) is 0 Å². The molecule has 3 unspecified atom stereocenters. The van der Waals surface area contributed by atoms with Gasteiger partial charge in [-0.3, -0.25) is 4.79 Å². The second kappa shape index (κ2) is 7.52. The van der Waals surface area contributed by atoms with Crippen LogP contribution in [0.1, 0.15) is 93.4 Å². The minimum Gasteiger partial charge on any atom is -0.387 e. The first-order valence-corrected chi connectivity index (χ1v) is 13.8. The summed E-state index contributed by atoms with van der Waals surface area (Å²) in [6.07, 6.45) is 11.3. The van der Waals surface area contributed by atoms with Crippen LogP contribution < -0.4 is 0 Å². The Labute approximate surface area is 216 Å². The fourth-order valence-corrected chi connectivity index (χ4v) is 10.1. The third-order valence-corrected chi connectivity index (χ3v) is 12.3. The Bertz CT molecular complexity index is 1170. The molecule has 0 heterocycles. The van der Waals surface area contributed by atoms with Gasteiger partial charge in [0, 0.05) is 11.3 Å². The van der Waals surface area contributed by atoms with Gasteiger partial charge in [-0.15, -0.1) is 0 Å². The number of ketones is 1. The van der Waals surface area contributed by atoms with E-state index < -0.39 is 22.5 Å². The normalized spacial score (nSPS) is 48.5. The third-order valence-electron chi connectivity index (χ3n) is 12.3. The molecule has 36 heavy (non-hydrogen) atoms. The van der Waals surface area contributed by atoms with Crippen LogP contribution >= 0.6 is 0 Å². The minimum atomic E-state index is -0.797. The Balaban J connectivity index is 1.70. The number of allylic oxidation sites excluding steroid dienone is 3. The van der Waals surface area contributed by atoms with Crippen molar-refractivity contribution in [2.45, 2.75) is 105 Å². The fourth-order valence-electron chi connectivity index (χ4n) is 10.1. The largest absolute Gasteiger partial charge is 0.387 e. The summed E-state index contributed by atoms with van der Waals surface area (Å²) in [5.74, 6) is 0.151. The number of aliphatic imine (C=N–C) groups is 1. The summed E-state index contributed by atoms with van der Waals surface area (Å²) in [5, 5.41) is 20.9. The number of nitrogens with zero attached hydrogens (tertiary/aromatic N) is 2. The molecule has 5 heteroatoms. The number of carbonyl (C=O) groups is 1. The zero-order chi connectivity index (χ0) is 26.5. The number of aliphatic hydroxyl groups is 1. The third kappa shape index (κ3) is 3.01. The molecule has 0 bridgehead atoms. The highest BCUT2D eigenvalue weighted by atomic mass is 16.3. The number of hydrogen-bond donors (Lipinski definition) is 1. The van der Waals surface area contributed by atoms with Crippen molar-refractivity contribution in [2.24, 2.45) is 49.8 Å². The number of carbonyl (C=O) groups excluding carboxylic acids is 2. The molecule has 5 nitrogen and oxygen atoms in total. The van der Waals surface area contributed by atoms with Crippen LogP contribution in [0.2, 0.25) is 0 Å². The summed E-state index contributed by atoms with van der Waals surface area (Å²) < 4.78 is 0. The van der Waals surface area contributed by atoms with E-state index in [2.05, 4.69) is 59.5 Å². The molecule has 0 spiro atoms. The van der Waals surface area contributed by atoms with Gasteiger partial charge in [-0.1, -0.05) is 60.1 Å². The first-order chi connectivity index (χ1) is 16.6. The Morgan fingerprint density at radius 2 is 1.69 bits per heavy atom. The maximum atomic E-state index is 14.3. The van der Waals surface area contributed by atoms with Crippen LogP contribution in [-0.2, 0) is 9.59 Å². The van der Waals surface area contributed by atoms with E-state index >= 15 is 0 Å². The lowest BCUT2D eigenvalue weighted by Gasteiger charge is -2.69. The van der Waals surface area contributed by atoms with E-state index in [4.69, 9.17) is 0 Å². The van der Waals surface area contributed by atoms with Gasteiger partial charge in [-0.25, -0.2) is 4.79 Å². The molecule has 3 fully saturated rings. The van der Waals surface area contributed by atoms with Gasteiger partial charge in [0.2, 0.25) is 6.08 Å². The number of isocyanates is 1. The molecule has 0 saturated heterocycles. The molecule has 0 aliphatic heterocycles. The van der Waals surface area contributed by atoms with E-state index in [1.165, 1.54) is 0 Å². The zero-order valence-electron chi connectivity index (χ0n) is 23.1. The topological polar surface area (TPSA) is 90.5 Å². The summed E-state index contributed by atoms with van der Waals surface area (Å²) in [5.41, 5.74) is -0.228. The summed E-state index contributed by atoms with van der Waals surface area (Å²) in [7, 11) is 0. The van der Waals surface area contributed by atoms with E-state index in [0.717, 1.165) is 50.5 Å². The molecule has 0 aromatic carbocycles. The van der Waals surface area contributed by atoms with Crippen molar-refractivity contribution in [2.75, 3.05) is 0 Å². The maximum Gasteiger partial charge on any atom is 0.235 e. The lowest BCUT2D eigenvalue weighted by molar-refractivity contribution is -0.158. The first kappa shape index (κ1) is 25.6. The number of hydrogen-bond acceptors (Lipinski definition) is 5. The van der Waals surface area contributed by atoms with E-state index in [0.29, 0.717) is 5.57 Å². The second-order valence-corrected chi connectivity index (χ2v) is 14.8. The van der Waals surface area contributed by atoms with Crippen LogP contribution in [0.3, 0.4) is 0 Å². The van der Waals surface area contributed by atoms with Crippen molar-refractivity contribution in [3.05, 3.63) is 23.3 Å². The van der Waals surface area contributed by atoms with Gasteiger partial charge in [-0.2, -0.15) is 10.3 Å². The Hall–Kier alpha value is -2.02. The van der Waals surface area contributed by atoms with Gasteiger partial charge in [0.15, 0.2) is 5.78 Å². The van der Waals surface area contributed by atoms with Crippen LogP contribution in [0.4, 0.5) is 0 Å². The molecule has 5 rings (SSSR count). The standard InChI is InChI=1S/C31H42N2O3/c1-26(2)10-12-31(33-18-34)13-11-30(7)24(20(31)16-26)21(35)14-23-28(5)15-19(17-32)25(36)27(3,4)22(28)8-9-29(23,30)6/h14-15,20,22,24-25,36H,8-13,16H2,1-7H3/t20?,22-,24?,25?,28-,29+,30+,31-/m0/s1. The van der Waals surface area contributed by atoms with Crippen molar-refractivity contribution in [3.8, 4) is 6.07 Å². The van der Waals surface area contributed by atoms with E-state index in [9.17, 15) is 20.0 Å². The van der Waals surface area contributed by atoms with Crippen LogP contribution in [0.25, 0.3) is 0 Å². The lowest BCUT2D eigenvalue weighted by Crippen LogP contribution is -2.66. The van der Waals surface area contributed by atoms with Gasteiger partial charge in [0.25, 0.3) is 0 Å². The summed E-state index contributed by atoms with van der Waals surface area (Å²) in [6.45, 7) is 15.6. The molecule has 0 aromatic rings. The average molecular weight is 491 g/mol. The minimum absolute atomic E-state index is 0.0314. The summed E-state index contributed by atoms with van der Waals surface area (Å²) in [6, 6.07) is 2.27. The summed E-state index contributed by atoms with van der Waals surface area (Å²) in [4.78, 5) is 30.3. The molecular weight excluding hydrogens is 448 g/mol. The monoisotopic (exact) mass is 490 g/mol. The molecule has 3 saturated carbocycles. The predicted octanol–water partition coefficient (Wildman–Crippen LogP) is 6.09. The Morgan fingerprint density at radius 3 is 2.33 bits per heavy atom. The highest BCUT2D eigenvalue weighted by Crippen LogP contribution is 2.73. The molecule has 0 aromatic heterocycles. The zero-order valence-corrected chi connectivity index (χ0v) is 23.1. The molecule has 0 radical (unpaired) electrons.